The zero-order chi connectivity index (χ0) is 45.5. The van der Waals surface area contributed by atoms with E-state index in [4.69, 9.17) is 0 Å². The van der Waals surface area contributed by atoms with E-state index in [9.17, 15) is 0 Å². The van der Waals surface area contributed by atoms with Crippen LogP contribution in [0.15, 0.2) is 267 Å². The van der Waals surface area contributed by atoms with E-state index in [-0.39, 0.29) is 0 Å². The fraction of sp³-hybridized carbons (Fsp3) is 0.0149. The molecule has 0 N–H and O–H groups in total. The van der Waals surface area contributed by atoms with Crippen LogP contribution < -0.4 is 4.90 Å². The van der Waals surface area contributed by atoms with E-state index in [0.717, 1.165) is 17.1 Å². The van der Waals surface area contributed by atoms with Crippen molar-refractivity contribution in [2.45, 2.75) is 5.41 Å². The number of benzene rings is 11. The maximum atomic E-state index is 2.49. The van der Waals surface area contributed by atoms with Gasteiger partial charge in [0.1, 0.15) is 0 Å². The molecule has 0 atom stereocenters. The van der Waals surface area contributed by atoms with Crippen LogP contribution in [0.1, 0.15) is 22.3 Å². The van der Waals surface area contributed by atoms with Crippen molar-refractivity contribution in [3.05, 3.63) is 289 Å². The van der Waals surface area contributed by atoms with Crippen molar-refractivity contribution in [2.75, 3.05) is 4.90 Å². The number of nitrogens with zero attached hydrogens (tertiary/aromatic N) is 2. The van der Waals surface area contributed by atoms with Crippen molar-refractivity contribution in [3.8, 4) is 33.4 Å². The highest BCUT2D eigenvalue weighted by molar-refractivity contribution is 6.22. The van der Waals surface area contributed by atoms with Gasteiger partial charge >= 0.3 is 0 Å². The maximum Gasteiger partial charge on any atom is 0.0714 e. The molecule has 0 fully saturated rings. The highest BCUT2D eigenvalue weighted by Crippen LogP contribution is 2.57. The van der Waals surface area contributed by atoms with Crippen LogP contribution in [-0.2, 0) is 5.41 Å². The zero-order valence-corrected chi connectivity index (χ0v) is 37.8. The summed E-state index contributed by atoms with van der Waals surface area (Å²) in [5, 5.41) is 7.41. The second kappa shape index (κ2) is 15.6. The van der Waals surface area contributed by atoms with E-state index in [1.54, 1.807) is 0 Å². The van der Waals surface area contributed by atoms with Crippen molar-refractivity contribution < 1.29 is 0 Å². The van der Waals surface area contributed by atoms with Gasteiger partial charge in [-0.2, -0.15) is 0 Å². The van der Waals surface area contributed by atoms with E-state index in [2.05, 4.69) is 276 Å². The normalized spacial score (nSPS) is 12.8. The Morgan fingerprint density at radius 2 is 0.855 bits per heavy atom. The van der Waals surface area contributed by atoms with Crippen LogP contribution in [0.3, 0.4) is 0 Å². The Labute approximate surface area is 401 Å². The average molecular weight is 877 g/mol. The van der Waals surface area contributed by atoms with Gasteiger partial charge < -0.3 is 9.30 Å². The van der Waals surface area contributed by atoms with Crippen molar-refractivity contribution >= 4 is 65.9 Å². The number of aromatic nitrogens is 1. The summed E-state index contributed by atoms with van der Waals surface area (Å²) in [6.45, 7) is 0. The third-order valence-electron chi connectivity index (χ3n) is 14.8. The summed E-state index contributed by atoms with van der Waals surface area (Å²) in [7, 11) is 0. The number of anilines is 3. The molecule has 11 aromatic carbocycles. The number of hydrogen-bond acceptors (Lipinski definition) is 1. The van der Waals surface area contributed by atoms with E-state index in [1.807, 2.05) is 0 Å². The lowest BCUT2D eigenvalue weighted by atomic mass is 9.67. The molecular weight excluding hydrogens is 833 g/mol. The number of rotatable bonds is 7. The lowest BCUT2D eigenvalue weighted by Crippen LogP contribution is -2.28. The van der Waals surface area contributed by atoms with E-state index >= 15 is 0 Å². The molecular formula is C67H44N2. The fourth-order valence-corrected chi connectivity index (χ4v) is 11.8. The standard InChI is InChI=1S/C67H44N2/c1-4-19-47(20-5-1)65-59-28-14-17-31-64(59)69-63-30-16-13-27-58(63)55-40-35-49(43-60(55)66(65)69)46-32-36-52(37-33-46)68(53-38-34-45-18-10-11-21-48(45)42-53)54-39-41-57-56-26-12-15-29-61(56)67(62(57)44-54,50-22-6-2-7-23-50)51-24-8-3-9-25-51/h1-44H. The number of pyridine rings is 1. The Morgan fingerprint density at radius 1 is 0.304 bits per heavy atom. The van der Waals surface area contributed by atoms with Crippen molar-refractivity contribution in [1.29, 1.82) is 0 Å². The third kappa shape index (κ3) is 5.92. The summed E-state index contributed by atoms with van der Waals surface area (Å²) in [5.41, 5.74) is 18.9. The maximum absolute atomic E-state index is 2.49. The highest BCUT2D eigenvalue weighted by Gasteiger charge is 2.46. The van der Waals surface area contributed by atoms with Gasteiger partial charge in [0.2, 0.25) is 0 Å². The van der Waals surface area contributed by atoms with Crippen LogP contribution in [0.2, 0.25) is 0 Å². The Kier molecular flexibility index (Phi) is 8.84. The lowest BCUT2D eigenvalue weighted by Gasteiger charge is -2.35. The van der Waals surface area contributed by atoms with Gasteiger partial charge in [0.15, 0.2) is 0 Å². The zero-order valence-electron chi connectivity index (χ0n) is 37.8. The molecule has 1 aliphatic carbocycles. The predicted molar refractivity (Wildman–Crippen MR) is 290 cm³/mol. The minimum absolute atomic E-state index is 0.511. The van der Waals surface area contributed by atoms with Crippen LogP contribution in [0.5, 0.6) is 0 Å². The fourth-order valence-electron chi connectivity index (χ4n) is 11.8. The van der Waals surface area contributed by atoms with Gasteiger partial charge in [-0.15, -0.1) is 0 Å². The van der Waals surface area contributed by atoms with Crippen LogP contribution in [0.4, 0.5) is 17.1 Å². The van der Waals surface area contributed by atoms with E-state index < -0.39 is 5.41 Å². The van der Waals surface area contributed by atoms with Gasteiger partial charge in [0.05, 0.1) is 22.0 Å². The van der Waals surface area contributed by atoms with Gasteiger partial charge in [0.25, 0.3) is 0 Å². The van der Waals surface area contributed by atoms with Gasteiger partial charge in [-0.05, 0) is 121 Å². The minimum atomic E-state index is -0.511. The Balaban J connectivity index is 0.964. The topological polar surface area (TPSA) is 7.65 Å². The first-order chi connectivity index (χ1) is 34.2. The molecule has 0 saturated carbocycles. The Morgan fingerprint density at radius 3 is 1.61 bits per heavy atom. The second-order valence-corrected chi connectivity index (χ2v) is 18.4. The SMILES string of the molecule is c1ccc(-c2c3ccccc3n3c4ccccc4c4ccc(-c5ccc(N(c6ccc7c(c6)C(c6ccccc6)(c6ccccc6)c6ccccc6-7)c6ccc7ccccc7c6)cc5)cc4c23)cc1. The van der Waals surface area contributed by atoms with Crippen LogP contribution in [0.25, 0.3) is 82.2 Å². The minimum Gasteiger partial charge on any atom is -0.310 e. The molecule has 2 aromatic heterocycles. The summed E-state index contributed by atoms with van der Waals surface area (Å²) in [6, 6.07) is 98.7. The molecule has 13 aromatic rings. The quantitative estimate of drug-likeness (QED) is 0.145. The summed E-state index contributed by atoms with van der Waals surface area (Å²) in [5.74, 6) is 0. The first kappa shape index (κ1) is 39.2. The molecule has 0 spiro atoms. The summed E-state index contributed by atoms with van der Waals surface area (Å²) in [6.07, 6.45) is 0. The van der Waals surface area contributed by atoms with E-state index in [0.29, 0.717) is 0 Å². The first-order valence-corrected chi connectivity index (χ1v) is 23.9. The van der Waals surface area contributed by atoms with Crippen LogP contribution >= 0.6 is 0 Å². The van der Waals surface area contributed by atoms with Crippen molar-refractivity contribution in [1.82, 2.24) is 4.40 Å². The number of hydrogen-bond donors (Lipinski definition) is 0. The molecule has 14 rings (SSSR count). The summed E-state index contributed by atoms with van der Waals surface area (Å²) >= 11 is 0. The molecule has 322 valence electrons. The molecule has 69 heavy (non-hydrogen) atoms. The molecule has 0 aliphatic heterocycles. The number of para-hydroxylation sites is 2. The summed E-state index contributed by atoms with van der Waals surface area (Å²) in [4.78, 5) is 2.44. The van der Waals surface area contributed by atoms with Gasteiger partial charge in [-0.1, -0.05) is 212 Å². The van der Waals surface area contributed by atoms with Crippen molar-refractivity contribution in [3.63, 3.8) is 0 Å². The largest absolute Gasteiger partial charge is 0.310 e. The molecule has 2 heteroatoms. The second-order valence-electron chi connectivity index (χ2n) is 18.4. The lowest BCUT2D eigenvalue weighted by molar-refractivity contribution is 0.768. The van der Waals surface area contributed by atoms with Gasteiger partial charge in [-0.25, -0.2) is 0 Å². The third-order valence-corrected chi connectivity index (χ3v) is 14.8. The molecule has 0 amide bonds. The molecule has 1 aliphatic rings. The highest BCUT2D eigenvalue weighted by atomic mass is 15.1. The van der Waals surface area contributed by atoms with Crippen molar-refractivity contribution in [2.24, 2.45) is 0 Å². The molecule has 0 unspecified atom stereocenters. The number of fused-ring (bicyclic) bond motifs is 12. The average Bonchev–Trinajstić information content (AvgIpc) is 3.93. The van der Waals surface area contributed by atoms with Crippen LogP contribution in [0, 0.1) is 0 Å². The monoisotopic (exact) mass is 876 g/mol. The molecule has 2 heterocycles. The Hall–Kier alpha value is -8.98. The molecule has 2 nitrogen and oxygen atoms in total. The van der Waals surface area contributed by atoms with Gasteiger partial charge in [0, 0.05) is 38.8 Å². The Bertz CT molecular complexity index is 4070. The van der Waals surface area contributed by atoms with Gasteiger partial charge in [-0.3, -0.25) is 0 Å². The van der Waals surface area contributed by atoms with Crippen LogP contribution in [-0.4, -0.2) is 4.40 Å². The molecule has 0 saturated heterocycles. The summed E-state index contributed by atoms with van der Waals surface area (Å²) < 4.78 is 2.49. The van der Waals surface area contributed by atoms with E-state index in [1.165, 1.54) is 105 Å². The smallest absolute Gasteiger partial charge is 0.0714 e. The first-order valence-electron chi connectivity index (χ1n) is 23.9. The molecule has 0 radical (unpaired) electrons. The predicted octanol–water partition coefficient (Wildman–Crippen LogP) is 17.7. The molecule has 0 bridgehead atoms.